The Morgan fingerprint density at radius 2 is 1.81 bits per heavy atom. The van der Waals surface area contributed by atoms with Gasteiger partial charge in [0.15, 0.2) is 0 Å². The number of nitrogens with one attached hydrogen (secondary N) is 1. The first-order chi connectivity index (χ1) is 10.1. The molecule has 0 saturated heterocycles. The molecule has 0 aliphatic heterocycles. The van der Waals surface area contributed by atoms with Gasteiger partial charge in [0.05, 0.1) is 0 Å². The molecule has 4 bridgehead atoms. The summed E-state index contributed by atoms with van der Waals surface area (Å²) in [5.41, 5.74) is 1.39. The van der Waals surface area contributed by atoms with E-state index in [4.69, 9.17) is 0 Å². The lowest BCUT2D eigenvalue weighted by Gasteiger charge is -2.63. The SMILES string of the molecule is CCCNC(CCC1CC1)C12CC3CC(CC(C)(C3)C1)C2. The summed E-state index contributed by atoms with van der Waals surface area (Å²) in [6.45, 7) is 6.19. The van der Waals surface area contributed by atoms with Gasteiger partial charge in [0.2, 0.25) is 0 Å². The fourth-order valence-corrected chi connectivity index (χ4v) is 6.96. The van der Waals surface area contributed by atoms with E-state index in [2.05, 4.69) is 19.2 Å². The zero-order valence-electron chi connectivity index (χ0n) is 14.3. The summed E-state index contributed by atoms with van der Waals surface area (Å²) < 4.78 is 0. The molecule has 0 spiro atoms. The minimum absolute atomic E-state index is 0.683. The molecule has 0 radical (unpaired) electrons. The number of hydrogen-bond donors (Lipinski definition) is 1. The maximum absolute atomic E-state index is 4.03. The second-order valence-corrected chi connectivity index (χ2v) is 9.66. The van der Waals surface area contributed by atoms with Crippen molar-refractivity contribution in [2.75, 3.05) is 6.54 Å². The summed E-state index contributed by atoms with van der Waals surface area (Å²) in [7, 11) is 0. The van der Waals surface area contributed by atoms with Crippen molar-refractivity contribution in [1.29, 1.82) is 0 Å². The standard InChI is InChI=1S/C20H35N/c1-3-8-21-18(7-6-15-4-5-15)20-12-16-9-17(13-20)11-19(2,10-16)14-20/h15-18,21H,3-14H2,1-2H3. The minimum atomic E-state index is 0.683. The molecule has 5 aliphatic rings. The van der Waals surface area contributed by atoms with Gasteiger partial charge in [0, 0.05) is 6.04 Å². The van der Waals surface area contributed by atoms with Crippen molar-refractivity contribution in [2.45, 2.75) is 90.5 Å². The fourth-order valence-electron chi connectivity index (χ4n) is 6.96. The van der Waals surface area contributed by atoms with Crippen molar-refractivity contribution >= 4 is 0 Å². The summed E-state index contributed by atoms with van der Waals surface area (Å²) in [6, 6.07) is 0.836. The van der Waals surface area contributed by atoms with Crippen molar-refractivity contribution in [3.05, 3.63) is 0 Å². The summed E-state index contributed by atoms with van der Waals surface area (Å²) >= 11 is 0. The highest BCUT2D eigenvalue weighted by atomic mass is 14.9. The topological polar surface area (TPSA) is 12.0 Å². The molecule has 0 aromatic carbocycles. The normalized spacial score (nSPS) is 46.0. The first-order valence-corrected chi connectivity index (χ1v) is 9.84. The van der Waals surface area contributed by atoms with Gasteiger partial charge >= 0.3 is 0 Å². The van der Waals surface area contributed by atoms with E-state index in [0.29, 0.717) is 10.8 Å². The molecule has 0 aromatic rings. The van der Waals surface area contributed by atoms with Crippen molar-refractivity contribution < 1.29 is 0 Å². The van der Waals surface area contributed by atoms with E-state index in [9.17, 15) is 0 Å². The summed E-state index contributed by atoms with van der Waals surface area (Å²) in [6.07, 6.45) is 16.7. The molecular weight excluding hydrogens is 254 g/mol. The van der Waals surface area contributed by atoms with Crippen LogP contribution in [0, 0.1) is 28.6 Å². The molecule has 5 fully saturated rings. The van der Waals surface area contributed by atoms with Gasteiger partial charge in [-0.15, -0.1) is 0 Å². The van der Waals surface area contributed by atoms with E-state index in [-0.39, 0.29) is 0 Å². The van der Waals surface area contributed by atoms with E-state index in [1.54, 1.807) is 38.5 Å². The Bertz CT molecular complexity index is 369. The Morgan fingerprint density at radius 1 is 1.10 bits per heavy atom. The molecule has 1 nitrogen and oxygen atoms in total. The summed E-state index contributed by atoms with van der Waals surface area (Å²) in [5, 5.41) is 4.03. The second-order valence-electron chi connectivity index (χ2n) is 9.66. The highest BCUT2D eigenvalue weighted by molar-refractivity contribution is 5.10. The van der Waals surface area contributed by atoms with Gasteiger partial charge in [-0.2, -0.15) is 0 Å². The third kappa shape index (κ3) is 2.80. The van der Waals surface area contributed by atoms with Crippen LogP contribution in [0.2, 0.25) is 0 Å². The van der Waals surface area contributed by atoms with Crippen LogP contribution in [0.4, 0.5) is 0 Å². The molecule has 0 aromatic heterocycles. The first-order valence-electron chi connectivity index (χ1n) is 9.84. The van der Waals surface area contributed by atoms with E-state index in [0.717, 1.165) is 23.8 Å². The van der Waals surface area contributed by atoms with Crippen LogP contribution in [-0.4, -0.2) is 12.6 Å². The van der Waals surface area contributed by atoms with Gasteiger partial charge in [-0.25, -0.2) is 0 Å². The Morgan fingerprint density at radius 3 is 2.38 bits per heavy atom. The lowest BCUT2D eigenvalue weighted by Crippen LogP contribution is -2.58. The molecule has 3 atom stereocenters. The Hall–Kier alpha value is -0.0400. The largest absolute Gasteiger partial charge is 0.313 e. The van der Waals surface area contributed by atoms with E-state index < -0.39 is 0 Å². The Labute approximate surface area is 131 Å². The third-order valence-electron chi connectivity index (χ3n) is 7.34. The molecule has 120 valence electrons. The fraction of sp³-hybridized carbons (Fsp3) is 1.00. The molecule has 5 aliphatic carbocycles. The molecule has 0 heterocycles. The zero-order chi connectivity index (χ0) is 14.5. The quantitative estimate of drug-likeness (QED) is 0.683. The van der Waals surface area contributed by atoms with Gasteiger partial charge in [-0.05, 0) is 92.9 Å². The maximum Gasteiger partial charge on any atom is 0.0124 e. The van der Waals surface area contributed by atoms with E-state index >= 15 is 0 Å². The van der Waals surface area contributed by atoms with Gasteiger partial charge in [-0.1, -0.05) is 26.7 Å². The van der Waals surface area contributed by atoms with Crippen molar-refractivity contribution in [1.82, 2.24) is 5.32 Å². The van der Waals surface area contributed by atoms with Crippen LogP contribution in [-0.2, 0) is 0 Å². The molecule has 0 amide bonds. The van der Waals surface area contributed by atoms with Crippen LogP contribution in [0.15, 0.2) is 0 Å². The predicted octanol–water partition coefficient (Wildman–Crippen LogP) is 5.15. The molecule has 5 rings (SSSR count). The summed E-state index contributed by atoms with van der Waals surface area (Å²) in [5.74, 6) is 3.24. The lowest BCUT2D eigenvalue weighted by atomic mass is 9.43. The molecular formula is C20H35N. The number of hydrogen-bond acceptors (Lipinski definition) is 1. The molecule has 1 N–H and O–H groups in total. The van der Waals surface area contributed by atoms with Crippen LogP contribution in [0.25, 0.3) is 0 Å². The summed E-state index contributed by atoms with van der Waals surface area (Å²) in [4.78, 5) is 0. The number of rotatable bonds is 7. The highest BCUT2D eigenvalue weighted by Gasteiger charge is 2.58. The second kappa shape index (κ2) is 5.25. The molecule has 5 saturated carbocycles. The van der Waals surface area contributed by atoms with Crippen LogP contribution < -0.4 is 5.32 Å². The van der Waals surface area contributed by atoms with Crippen LogP contribution in [0.3, 0.4) is 0 Å². The van der Waals surface area contributed by atoms with Crippen molar-refractivity contribution in [3.8, 4) is 0 Å². The Balaban J connectivity index is 1.51. The first kappa shape index (κ1) is 14.5. The lowest BCUT2D eigenvalue weighted by molar-refractivity contribution is -0.119. The monoisotopic (exact) mass is 289 g/mol. The highest BCUT2D eigenvalue weighted by Crippen LogP contribution is 2.66. The van der Waals surface area contributed by atoms with Gasteiger partial charge in [0.25, 0.3) is 0 Å². The smallest absolute Gasteiger partial charge is 0.0124 e. The van der Waals surface area contributed by atoms with Crippen LogP contribution in [0.1, 0.15) is 84.5 Å². The van der Waals surface area contributed by atoms with Crippen LogP contribution in [0.5, 0.6) is 0 Å². The molecule has 21 heavy (non-hydrogen) atoms. The van der Waals surface area contributed by atoms with Gasteiger partial charge in [0.1, 0.15) is 0 Å². The predicted molar refractivity (Wildman–Crippen MR) is 89.3 cm³/mol. The van der Waals surface area contributed by atoms with E-state index in [1.807, 2.05) is 0 Å². The average Bonchev–Trinajstić information content (AvgIpc) is 3.19. The van der Waals surface area contributed by atoms with Crippen LogP contribution >= 0.6 is 0 Å². The van der Waals surface area contributed by atoms with E-state index in [1.165, 1.54) is 38.6 Å². The molecule has 3 unspecified atom stereocenters. The minimum Gasteiger partial charge on any atom is -0.313 e. The Kier molecular flexibility index (Phi) is 3.64. The van der Waals surface area contributed by atoms with Gasteiger partial charge < -0.3 is 5.32 Å². The van der Waals surface area contributed by atoms with Crippen molar-refractivity contribution in [2.24, 2.45) is 28.6 Å². The third-order valence-corrected chi connectivity index (χ3v) is 7.34. The zero-order valence-corrected chi connectivity index (χ0v) is 14.3. The molecule has 1 heteroatoms. The maximum atomic E-state index is 4.03. The van der Waals surface area contributed by atoms with Crippen molar-refractivity contribution in [3.63, 3.8) is 0 Å². The van der Waals surface area contributed by atoms with Gasteiger partial charge in [-0.3, -0.25) is 0 Å². The average molecular weight is 290 g/mol.